The molecule has 0 aromatic heterocycles. The Morgan fingerprint density at radius 1 is 1.19 bits per heavy atom. The number of para-hydroxylation sites is 1. The largest absolute Gasteiger partial charge is 0.371 e. The summed E-state index contributed by atoms with van der Waals surface area (Å²) in [5.41, 5.74) is 1.83. The molecule has 0 N–H and O–H groups in total. The second kappa shape index (κ2) is 5.15. The van der Waals surface area contributed by atoms with Crippen molar-refractivity contribution < 1.29 is 4.79 Å². The van der Waals surface area contributed by atoms with Gasteiger partial charge in [0.25, 0.3) is 0 Å². The molecule has 0 radical (unpaired) electrons. The van der Waals surface area contributed by atoms with E-state index in [4.69, 9.17) is 0 Å². The number of hydrogen-bond acceptors (Lipinski definition) is 2. The maximum absolute atomic E-state index is 11.5. The predicted molar refractivity (Wildman–Crippen MR) is 69.1 cm³/mol. The fourth-order valence-electron chi connectivity index (χ4n) is 1.75. The zero-order valence-corrected chi connectivity index (χ0v) is 10.8. The van der Waals surface area contributed by atoms with Crippen molar-refractivity contribution in [3.63, 3.8) is 0 Å². The van der Waals surface area contributed by atoms with Gasteiger partial charge in [-0.1, -0.05) is 26.0 Å². The Balaban J connectivity index is 3.08. The van der Waals surface area contributed by atoms with Gasteiger partial charge in [-0.3, -0.25) is 4.79 Å². The molecular weight excluding hydrogens is 198 g/mol. The van der Waals surface area contributed by atoms with Gasteiger partial charge in [0.1, 0.15) is 0 Å². The molecular formula is C14H21NO. The van der Waals surface area contributed by atoms with Crippen molar-refractivity contribution in [3.8, 4) is 0 Å². The van der Waals surface area contributed by atoms with Gasteiger partial charge in [0.2, 0.25) is 0 Å². The van der Waals surface area contributed by atoms with E-state index < -0.39 is 0 Å². The van der Waals surface area contributed by atoms with E-state index in [2.05, 4.69) is 25.7 Å². The summed E-state index contributed by atoms with van der Waals surface area (Å²) in [6, 6.07) is 8.21. The first-order valence-corrected chi connectivity index (χ1v) is 5.78. The molecule has 0 saturated carbocycles. The molecule has 0 heterocycles. The van der Waals surface area contributed by atoms with Gasteiger partial charge in [0.05, 0.1) is 0 Å². The first-order valence-electron chi connectivity index (χ1n) is 5.78. The van der Waals surface area contributed by atoms with Crippen LogP contribution in [0.3, 0.4) is 0 Å². The lowest BCUT2D eigenvalue weighted by atomic mass is 10.0. The third kappa shape index (κ3) is 2.63. The average Bonchev–Trinajstić information content (AvgIpc) is 2.26. The molecule has 16 heavy (non-hydrogen) atoms. The molecule has 1 aromatic rings. The highest BCUT2D eigenvalue weighted by molar-refractivity contribution is 5.99. The second-order valence-electron chi connectivity index (χ2n) is 4.67. The molecule has 0 aliphatic carbocycles. The van der Waals surface area contributed by atoms with Gasteiger partial charge in [0.15, 0.2) is 5.78 Å². The van der Waals surface area contributed by atoms with Crippen molar-refractivity contribution in [2.75, 3.05) is 11.9 Å². The van der Waals surface area contributed by atoms with Crippen LogP contribution in [0.5, 0.6) is 0 Å². The van der Waals surface area contributed by atoms with Gasteiger partial charge in [-0.25, -0.2) is 0 Å². The van der Waals surface area contributed by atoms with E-state index in [-0.39, 0.29) is 5.78 Å². The highest BCUT2D eigenvalue weighted by Crippen LogP contribution is 2.23. The van der Waals surface area contributed by atoms with Crippen LogP contribution in [0.1, 0.15) is 38.1 Å². The Hall–Kier alpha value is -1.31. The normalized spacial score (nSPS) is 12.6. The van der Waals surface area contributed by atoms with Gasteiger partial charge in [-0.05, 0) is 31.9 Å². The second-order valence-corrected chi connectivity index (χ2v) is 4.67. The molecule has 1 atom stereocenters. The van der Waals surface area contributed by atoms with Gasteiger partial charge < -0.3 is 4.90 Å². The predicted octanol–water partition coefficient (Wildman–Crippen LogP) is 3.37. The maximum Gasteiger partial charge on any atom is 0.161 e. The van der Waals surface area contributed by atoms with Crippen LogP contribution in [0, 0.1) is 5.92 Å². The minimum atomic E-state index is 0.124. The lowest BCUT2D eigenvalue weighted by molar-refractivity contribution is 0.101. The van der Waals surface area contributed by atoms with E-state index in [0.29, 0.717) is 12.0 Å². The van der Waals surface area contributed by atoms with E-state index in [0.717, 1.165) is 11.3 Å². The fraction of sp³-hybridized carbons (Fsp3) is 0.500. The van der Waals surface area contributed by atoms with Crippen LogP contribution < -0.4 is 4.90 Å². The fourth-order valence-corrected chi connectivity index (χ4v) is 1.75. The van der Waals surface area contributed by atoms with Gasteiger partial charge >= 0.3 is 0 Å². The summed E-state index contributed by atoms with van der Waals surface area (Å²) < 4.78 is 0. The Morgan fingerprint density at radius 3 is 2.25 bits per heavy atom. The van der Waals surface area contributed by atoms with E-state index in [1.54, 1.807) is 6.92 Å². The number of ketones is 1. The highest BCUT2D eigenvalue weighted by atomic mass is 16.1. The Kier molecular flexibility index (Phi) is 4.11. The van der Waals surface area contributed by atoms with E-state index >= 15 is 0 Å². The van der Waals surface area contributed by atoms with Crippen LogP contribution in [-0.2, 0) is 0 Å². The summed E-state index contributed by atoms with van der Waals surface area (Å²) >= 11 is 0. The quantitative estimate of drug-likeness (QED) is 0.724. The van der Waals surface area contributed by atoms with Crippen molar-refractivity contribution in [1.29, 1.82) is 0 Å². The topological polar surface area (TPSA) is 20.3 Å². The smallest absolute Gasteiger partial charge is 0.161 e. The zero-order chi connectivity index (χ0) is 12.3. The van der Waals surface area contributed by atoms with Crippen LogP contribution in [0.15, 0.2) is 24.3 Å². The molecule has 2 nitrogen and oxygen atoms in total. The summed E-state index contributed by atoms with van der Waals surface area (Å²) in [5.74, 6) is 0.684. The molecule has 0 amide bonds. The van der Waals surface area contributed by atoms with Crippen LogP contribution >= 0.6 is 0 Å². The van der Waals surface area contributed by atoms with Crippen LogP contribution in [-0.4, -0.2) is 18.9 Å². The minimum Gasteiger partial charge on any atom is -0.371 e. The van der Waals surface area contributed by atoms with E-state index in [1.165, 1.54) is 0 Å². The maximum atomic E-state index is 11.5. The SMILES string of the molecule is CC(=O)c1ccccc1N(C)C(C)C(C)C. The Labute approximate surface area is 98.3 Å². The number of carbonyl (C=O) groups is 1. The van der Waals surface area contributed by atoms with Crippen molar-refractivity contribution >= 4 is 11.5 Å². The van der Waals surface area contributed by atoms with Crippen molar-refractivity contribution in [3.05, 3.63) is 29.8 Å². The molecule has 88 valence electrons. The van der Waals surface area contributed by atoms with E-state index in [9.17, 15) is 4.79 Å². The standard InChI is InChI=1S/C14H21NO/c1-10(2)11(3)15(5)14-9-7-6-8-13(14)12(4)16/h6-11H,1-5H3. The Bertz CT molecular complexity index is 371. The molecule has 0 saturated heterocycles. The monoisotopic (exact) mass is 219 g/mol. The number of anilines is 1. The zero-order valence-electron chi connectivity index (χ0n) is 10.8. The van der Waals surface area contributed by atoms with Crippen LogP contribution in [0.25, 0.3) is 0 Å². The first-order chi connectivity index (χ1) is 7.45. The number of nitrogens with zero attached hydrogens (tertiary/aromatic N) is 1. The molecule has 0 aliphatic rings. The molecule has 0 fully saturated rings. The molecule has 1 unspecified atom stereocenters. The number of carbonyl (C=O) groups excluding carboxylic acids is 1. The molecule has 0 bridgehead atoms. The third-order valence-electron chi connectivity index (χ3n) is 3.24. The van der Waals surface area contributed by atoms with Gasteiger partial charge in [-0.15, -0.1) is 0 Å². The first kappa shape index (κ1) is 12.8. The Morgan fingerprint density at radius 2 is 1.75 bits per heavy atom. The van der Waals surface area contributed by atoms with Crippen molar-refractivity contribution in [1.82, 2.24) is 0 Å². The summed E-state index contributed by atoms with van der Waals surface area (Å²) in [6.45, 7) is 8.18. The van der Waals surface area contributed by atoms with Crippen molar-refractivity contribution in [2.45, 2.75) is 33.7 Å². The number of hydrogen-bond donors (Lipinski definition) is 0. The molecule has 1 rings (SSSR count). The lowest BCUT2D eigenvalue weighted by Crippen LogP contribution is -2.34. The molecule has 2 heteroatoms. The van der Waals surface area contributed by atoms with Crippen LogP contribution in [0.2, 0.25) is 0 Å². The number of benzene rings is 1. The molecule has 1 aromatic carbocycles. The molecule has 0 spiro atoms. The average molecular weight is 219 g/mol. The minimum absolute atomic E-state index is 0.124. The summed E-state index contributed by atoms with van der Waals surface area (Å²) in [5, 5.41) is 0. The molecule has 0 aliphatic heterocycles. The highest BCUT2D eigenvalue weighted by Gasteiger charge is 2.17. The lowest BCUT2D eigenvalue weighted by Gasteiger charge is -2.31. The van der Waals surface area contributed by atoms with Crippen molar-refractivity contribution in [2.24, 2.45) is 5.92 Å². The van der Waals surface area contributed by atoms with E-state index in [1.807, 2.05) is 31.3 Å². The number of Topliss-reactive ketones (excluding diaryl/α,β-unsaturated/α-hetero) is 1. The van der Waals surface area contributed by atoms with Gasteiger partial charge in [-0.2, -0.15) is 0 Å². The van der Waals surface area contributed by atoms with Crippen LogP contribution in [0.4, 0.5) is 5.69 Å². The summed E-state index contributed by atoms with van der Waals surface area (Å²) in [4.78, 5) is 13.7. The summed E-state index contributed by atoms with van der Waals surface area (Å²) in [6.07, 6.45) is 0. The number of rotatable bonds is 4. The third-order valence-corrected chi connectivity index (χ3v) is 3.24. The van der Waals surface area contributed by atoms with Gasteiger partial charge in [0, 0.05) is 24.3 Å². The summed E-state index contributed by atoms with van der Waals surface area (Å²) in [7, 11) is 2.05.